The van der Waals surface area contributed by atoms with Crippen LogP contribution in [0.15, 0.2) is 30.3 Å². The Morgan fingerprint density at radius 1 is 1.21 bits per heavy atom. The fourth-order valence-electron chi connectivity index (χ4n) is 2.01. The van der Waals surface area contributed by atoms with Gasteiger partial charge in [-0.3, -0.25) is 4.79 Å². The van der Waals surface area contributed by atoms with Crippen LogP contribution in [0.5, 0.6) is 0 Å². The molecule has 1 amide bonds. The number of carbonyl (C=O) groups excluding carboxylic acids is 1. The lowest BCUT2D eigenvalue weighted by Gasteiger charge is -2.06. The standard InChI is InChI=1S/C14H14N2O3/c1-8-11(14(18)19)13(16-9(2)17)12(15-8)10-6-4-3-5-7-10/h3-7,15H,1-2H3,(H,16,17)(H,18,19). The molecular weight excluding hydrogens is 244 g/mol. The van der Waals surface area contributed by atoms with Crippen molar-refractivity contribution < 1.29 is 14.7 Å². The lowest BCUT2D eigenvalue weighted by Crippen LogP contribution is -2.10. The number of aromatic carboxylic acids is 1. The minimum atomic E-state index is -1.07. The van der Waals surface area contributed by atoms with Crippen molar-refractivity contribution in [2.24, 2.45) is 0 Å². The number of hydrogen-bond donors (Lipinski definition) is 3. The van der Waals surface area contributed by atoms with Crippen molar-refractivity contribution in [3.63, 3.8) is 0 Å². The minimum absolute atomic E-state index is 0.0917. The molecule has 19 heavy (non-hydrogen) atoms. The Morgan fingerprint density at radius 3 is 2.37 bits per heavy atom. The van der Waals surface area contributed by atoms with Gasteiger partial charge < -0.3 is 15.4 Å². The molecule has 0 atom stereocenters. The topological polar surface area (TPSA) is 82.2 Å². The van der Waals surface area contributed by atoms with Crippen molar-refractivity contribution >= 4 is 17.6 Å². The zero-order valence-electron chi connectivity index (χ0n) is 10.7. The monoisotopic (exact) mass is 258 g/mol. The van der Waals surface area contributed by atoms with E-state index in [1.807, 2.05) is 30.3 Å². The Kier molecular flexibility index (Phi) is 3.37. The van der Waals surface area contributed by atoms with Crippen LogP contribution in [0, 0.1) is 6.92 Å². The number of carboxylic acid groups (broad SMARTS) is 1. The summed E-state index contributed by atoms with van der Waals surface area (Å²) in [5.74, 6) is -1.38. The van der Waals surface area contributed by atoms with Crippen LogP contribution in [-0.2, 0) is 4.79 Å². The van der Waals surface area contributed by atoms with Gasteiger partial charge in [-0.05, 0) is 6.92 Å². The molecule has 0 fully saturated rings. The molecule has 5 heteroatoms. The Labute approximate surface area is 110 Å². The molecule has 0 aliphatic carbocycles. The lowest BCUT2D eigenvalue weighted by molar-refractivity contribution is -0.114. The summed E-state index contributed by atoms with van der Waals surface area (Å²) in [5, 5.41) is 11.8. The quantitative estimate of drug-likeness (QED) is 0.791. The summed E-state index contributed by atoms with van der Waals surface area (Å²) in [7, 11) is 0. The van der Waals surface area contributed by atoms with Gasteiger partial charge in [0.15, 0.2) is 0 Å². The van der Waals surface area contributed by atoms with Gasteiger partial charge in [-0.1, -0.05) is 30.3 Å². The Bertz CT molecular complexity index is 630. The summed E-state index contributed by atoms with van der Waals surface area (Å²) in [6, 6.07) is 9.27. The van der Waals surface area contributed by atoms with E-state index in [9.17, 15) is 14.7 Å². The first kappa shape index (κ1) is 12.9. The van der Waals surface area contributed by atoms with E-state index >= 15 is 0 Å². The number of hydrogen-bond acceptors (Lipinski definition) is 2. The first-order valence-corrected chi connectivity index (χ1v) is 5.79. The third-order valence-electron chi connectivity index (χ3n) is 2.76. The highest BCUT2D eigenvalue weighted by atomic mass is 16.4. The molecule has 0 aliphatic rings. The van der Waals surface area contributed by atoms with E-state index in [2.05, 4.69) is 10.3 Å². The van der Waals surface area contributed by atoms with Gasteiger partial charge in [0.1, 0.15) is 5.56 Å². The molecule has 0 radical (unpaired) electrons. The zero-order chi connectivity index (χ0) is 14.0. The van der Waals surface area contributed by atoms with Crippen LogP contribution < -0.4 is 5.32 Å². The summed E-state index contributed by atoms with van der Waals surface area (Å²) in [5.41, 5.74) is 2.33. The van der Waals surface area contributed by atoms with Gasteiger partial charge >= 0.3 is 5.97 Å². The van der Waals surface area contributed by atoms with Gasteiger partial charge in [0.2, 0.25) is 5.91 Å². The largest absolute Gasteiger partial charge is 0.478 e. The van der Waals surface area contributed by atoms with E-state index in [-0.39, 0.29) is 11.5 Å². The van der Waals surface area contributed by atoms with E-state index in [1.54, 1.807) is 6.92 Å². The third kappa shape index (κ3) is 2.49. The van der Waals surface area contributed by atoms with Crippen LogP contribution in [0.1, 0.15) is 23.0 Å². The van der Waals surface area contributed by atoms with Crippen molar-refractivity contribution in [1.29, 1.82) is 0 Å². The number of anilines is 1. The van der Waals surface area contributed by atoms with Gasteiger partial charge in [0.25, 0.3) is 0 Å². The maximum Gasteiger partial charge on any atom is 0.339 e. The molecule has 2 aromatic rings. The van der Waals surface area contributed by atoms with Crippen molar-refractivity contribution in [1.82, 2.24) is 4.98 Å². The lowest BCUT2D eigenvalue weighted by atomic mass is 10.1. The molecule has 0 spiro atoms. The maximum absolute atomic E-state index is 11.3. The van der Waals surface area contributed by atoms with E-state index in [4.69, 9.17) is 0 Å². The van der Waals surface area contributed by atoms with Crippen molar-refractivity contribution in [3.05, 3.63) is 41.6 Å². The summed E-state index contributed by atoms with van der Waals surface area (Å²) >= 11 is 0. The Hall–Kier alpha value is -2.56. The Balaban J connectivity index is 2.64. The number of amides is 1. The van der Waals surface area contributed by atoms with Crippen molar-refractivity contribution in [2.45, 2.75) is 13.8 Å². The first-order chi connectivity index (χ1) is 9.00. The minimum Gasteiger partial charge on any atom is -0.478 e. The van der Waals surface area contributed by atoms with E-state index < -0.39 is 5.97 Å². The molecule has 0 bridgehead atoms. The highest BCUT2D eigenvalue weighted by Gasteiger charge is 2.22. The SMILES string of the molecule is CC(=O)Nc1c(-c2ccccc2)[nH]c(C)c1C(=O)O. The molecule has 5 nitrogen and oxygen atoms in total. The average Bonchev–Trinajstić information content (AvgIpc) is 2.66. The number of carboxylic acids is 1. The maximum atomic E-state index is 11.3. The fourth-order valence-corrected chi connectivity index (χ4v) is 2.01. The number of aromatic nitrogens is 1. The van der Waals surface area contributed by atoms with Gasteiger partial charge in [0.05, 0.1) is 11.4 Å². The number of H-pyrrole nitrogens is 1. The molecule has 1 aromatic carbocycles. The highest BCUT2D eigenvalue weighted by Crippen LogP contribution is 2.32. The van der Waals surface area contributed by atoms with Gasteiger partial charge in [0, 0.05) is 18.2 Å². The zero-order valence-corrected chi connectivity index (χ0v) is 10.7. The predicted octanol–water partition coefficient (Wildman–Crippen LogP) is 2.65. The number of aryl methyl sites for hydroxylation is 1. The van der Waals surface area contributed by atoms with Crippen LogP contribution in [-0.4, -0.2) is 22.0 Å². The van der Waals surface area contributed by atoms with Crippen LogP contribution in [0.2, 0.25) is 0 Å². The number of aromatic amines is 1. The summed E-state index contributed by atoms with van der Waals surface area (Å²) in [6.07, 6.45) is 0. The van der Waals surface area contributed by atoms with Crippen LogP contribution >= 0.6 is 0 Å². The average molecular weight is 258 g/mol. The van der Waals surface area contributed by atoms with Gasteiger partial charge in [-0.2, -0.15) is 0 Å². The molecule has 1 aromatic heterocycles. The van der Waals surface area contributed by atoms with Gasteiger partial charge in [-0.15, -0.1) is 0 Å². The van der Waals surface area contributed by atoms with Crippen LogP contribution in [0.4, 0.5) is 5.69 Å². The molecule has 3 N–H and O–H groups in total. The second-order valence-electron chi connectivity index (χ2n) is 4.23. The molecule has 0 saturated carbocycles. The first-order valence-electron chi connectivity index (χ1n) is 5.79. The molecule has 0 unspecified atom stereocenters. The normalized spacial score (nSPS) is 10.2. The van der Waals surface area contributed by atoms with Crippen molar-refractivity contribution in [2.75, 3.05) is 5.32 Å². The Morgan fingerprint density at radius 2 is 1.84 bits per heavy atom. The van der Waals surface area contributed by atoms with Gasteiger partial charge in [-0.25, -0.2) is 4.79 Å². The smallest absolute Gasteiger partial charge is 0.339 e. The van der Waals surface area contributed by atoms with E-state index in [1.165, 1.54) is 6.92 Å². The molecule has 98 valence electrons. The summed E-state index contributed by atoms with van der Waals surface area (Å²) < 4.78 is 0. The third-order valence-corrected chi connectivity index (χ3v) is 2.76. The van der Waals surface area contributed by atoms with E-state index in [0.717, 1.165) is 5.56 Å². The van der Waals surface area contributed by atoms with Crippen LogP contribution in [0.3, 0.4) is 0 Å². The molecule has 0 saturated heterocycles. The second-order valence-corrected chi connectivity index (χ2v) is 4.23. The predicted molar refractivity (Wildman–Crippen MR) is 72.2 cm³/mol. The van der Waals surface area contributed by atoms with Crippen molar-refractivity contribution in [3.8, 4) is 11.3 Å². The number of benzene rings is 1. The summed E-state index contributed by atoms with van der Waals surface area (Å²) in [6.45, 7) is 3.02. The number of nitrogens with one attached hydrogen (secondary N) is 2. The second kappa shape index (κ2) is 4.97. The number of rotatable bonds is 3. The van der Waals surface area contributed by atoms with Crippen LogP contribution in [0.25, 0.3) is 11.3 Å². The number of carbonyl (C=O) groups is 2. The molecule has 2 rings (SSSR count). The molecule has 0 aliphatic heterocycles. The highest BCUT2D eigenvalue weighted by molar-refractivity contribution is 6.05. The molecular formula is C14H14N2O3. The molecule has 1 heterocycles. The fraction of sp³-hybridized carbons (Fsp3) is 0.143. The summed E-state index contributed by atoms with van der Waals surface area (Å²) in [4.78, 5) is 25.6. The van der Waals surface area contributed by atoms with E-state index in [0.29, 0.717) is 17.1 Å².